The van der Waals surface area contributed by atoms with Crippen molar-refractivity contribution >= 4 is 106 Å². The van der Waals surface area contributed by atoms with E-state index in [0.717, 1.165) is 150 Å². The van der Waals surface area contributed by atoms with Gasteiger partial charge in [-0.25, -0.2) is 0 Å². The number of unbranched alkanes of at least 4 members (excludes halogenated alkanes) is 24. The first-order valence-electron chi connectivity index (χ1n) is 45.0. The van der Waals surface area contributed by atoms with Gasteiger partial charge < -0.3 is 77.8 Å². The monoisotopic (exact) mass is 1740 g/mol. The van der Waals surface area contributed by atoms with Crippen LogP contribution in [-0.2, 0) is 86.1 Å². The summed E-state index contributed by atoms with van der Waals surface area (Å²) in [5, 5.41) is 21.4. The minimum absolute atomic E-state index is 0.00194. The van der Waals surface area contributed by atoms with Gasteiger partial charge in [0.25, 0.3) is 0 Å². The van der Waals surface area contributed by atoms with E-state index >= 15 is 0 Å². The van der Waals surface area contributed by atoms with E-state index in [-0.39, 0.29) is 164 Å². The van der Waals surface area contributed by atoms with Gasteiger partial charge in [0, 0.05) is 105 Å². The number of nitrogens with zero attached hydrogens (tertiary/aromatic N) is 5. The van der Waals surface area contributed by atoms with E-state index in [1.807, 2.05) is 14.1 Å². The first kappa shape index (κ1) is 109. The standard InChI is InChI=1S/C43H80N8O9S.C42H75N7O9S/c1-4-5-6-7-8-9-10-11-14-20-38(53)49-35(42(44)57)19-15-16-22-47-37(52)21-27-59-29-30-60-28-24-48-40(55)34-51-41(56)32-36(43(51)58)61-31-18-13-12-17-25-50(26-23-45-2)33-39(54)46-3;1-3-4-5-6-7-8-9-10-13-19-37(51)46-34(41(43)55)18-14-15-21-44-36(50)20-26-57-28-29-58-27-22-45-38(52)32-49-39(53)31-35(42(49)56)59-30-17-12-11-16-23-48-25-24-47(2)40(54)33-48/h35-36,45H,4-34H2,1-3H3,(H2,44,57)(H,46,54)(H,47,52)(H,48,55)(H,49,53);34-35H,3-33H2,1-2H3,(H2,43,55)(H,44,50)(H,45,52)(H,46,51). The lowest BCUT2D eigenvalue weighted by atomic mass is 10.1. The van der Waals surface area contributed by atoms with Gasteiger partial charge in [0.1, 0.15) is 25.2 Å². The van der Waals surface area contributed by atoms with Crippen LogP contribution in [0.25, 0.3) is 0 Å². The van der Waals surface area contributed by atoms with E-state index in [9.17, 15) is 67.1 Å². The van der Waals surface area contributed by atoms with Crippen LogP contribution in [0.3, 0.4) is 0 Å². The maximum absolute atomic E-state index is 12.8. The van der Waals surface area contributed by atoms with E-state index in [1.54, 1.807) is 11.9 Å². The Hall–Kier alpha value is -6.60. The van der Waals surface area contributed by atoms with Crippen molar-refractivity contribution in [2.45, 2.75) is 280 Å². The Morgan fingerprint density at radius 2 is 0.817 bits per heavy atom. The number of likely N-dealkylation sites (tertiary alicyclic amines) is 2. The molecule has 0 aliphatic carbocycles. The van der Waals surface area contributed by atoms with Crippen molar-refractivity contribution in [1.29, 1.82) is 0 Å². The molecule has 0 radical (unpaired) electrons. The van der Waals surface area contributed by atoms with Crippen LogP contribution >= 0.6 is 23.5 Å². The number of nitrogens with two attached hydrogens (primary N) is 2. The number of primary amides is 2. The molecule has 3 saturated heterocycles. The number of ether oxygens (including phenoxy) is 4. The van der Waals surface area contributed by atoms with Crippen LogP contribution in [0.2, 0.25) is 0 Å². The summed E-state index contributed by atoms with van der Waals surface area (Å²) >= 11 is 2.94. The predicted molar refractivity (Wildman–Crippen MR) is 469 cm³/mol. The number of rotatable bonds is 77. The van der Waals surface area contributed by atoms with Crippen LogP contribution in [0.15, 0.2) is 0 Å². The molecule has 120 heavy (non-hydrogen) atoms. The zero-order valence-electron chi connectivity index (χ0n) is 73.7. The minimum atomic E-state index is -0.712. The molecule has 0 aromatic carbocycles. The van der Waals surface area contributed by atoms with E-state index in [4.69, 9.17) is 30.4 Å². The van der Waals surface area contributed by atoms with Crippen molar-refractivity contribution in [2.24, 2.45) is 11.5 Å². The highest BCUT2D eigenvalue weighted by Gasteiger charge is 2.41. The minimum Gasteiger partial charge on any atom is -0.379 e. The van der Waals surface area contributed by atoms with Crippen LogP contribution < -0.4 is 54.0 Å². The molecule has 14 amide bonds. The quantitative estimate of drug-likeness (QED) is 0.0273. The van der Waals surface area contributed by atoms with Gasteiger partial charge in [-0.3, -0.25) is 86.7 Å². The maximum Gasteiger partial charge on any atom is 0.243 e. The maximum atomic E-state index is 12.8. The number of carbonyl (C=O) groups excluding carboxylic acids is 14. The lowest BCUT2D eigenvalue weighted by Gasteiger charge is -2.31. The van der Waals surface area contributed by atoms with Crippen molar-refractivity contribution < 1.29 is 86.1 Å². The SMILES string of the molecule is CCCCCCCCCCCC(=O)NC(CCCCNC(=O)CCOCCOCCNC(=O)CN1C(=O)CC(SCCCCCCN(CCNC)CC(=O)NC)C1=O)C(N)=O.CCCCCCCCCCCC(=O)NC(CCCCNC(=O)CCOCCOCCNC(=O)CN1C(=O)CC(SCCCCCCN2CCN(C)C(=O)C2)C1=O)C(N)=O. The van der Waals surface area contributed by atoms with Crippen molar-refractivity contribution in [2.75, 3.05) is 177 Å². The summed E-state index contributed by atoms with van der Waals surface area (Å²) in [6.45, 7) is 13.0. The third-order valence-corrected chi connectivity index (χ3v) is 23.5. The molecule has 3 heterocycles. The normalized spacial score (nSPS) is 15.4. The average Bonchev–Trinajstić information content (AvgIpc) is 1.69. The van der Waals surface area contributed by atoms with Crippen molar-refractivity contribution in [3.05, 3.63) is 0 Å². The molecule has 0 aromatic rings. The molecule has 0 aromatic heterocycles. The molecular formula is C85H155N15O18S2. The number of amides is 14. The molecule has 35 heteroatoms. The lowest BCUT2D eigenvalue weighted by molar-refractivity contribution is -0.142. The van der Waals surface area contributed by atoms with Crippen molar-refractivity contribution in [1.82, 2.24) is 67.0 Å². The second-order valence-electron chi connectivity index (χ2n) is 31.3. The summed E-state index contributed by atoms with van der Waals surface area (Å²) in [6, 6.07) is -1.42. The van der Waals surface area contributed by atoms with Gasteiger partial charge in [-0.05, 0) is 109 Å². The van der Waals surface area contributed by atoms with E-state index < -0.39 is 46.2 Å². The first-order valence-corrected chi connectivity index (χ1v) is 47.1. The number of hydrogen-bond donors (Lipinski definition) is 10. The van der Waals surface area contributed by atoms with Gasteiger partial charge in [0.15, 0.2) is 0 Å². The zero-order valence-corrected chi connectivity index (χ0v) is 75.3. The molecule has 0 saturated carbocycles. The van der Waals surface area contributed by atoms with Crippen LogP contribution in [0.1, 0.15) is 258 Å². The summed E-state index contributed by atoms with van der Waals surface area (Å²) in [6.07, 6.45) is 33.7. The van der Waals surface area contributed by atoms with Gasteiger partial charge >= 0.3 is 0 Å². The highest BCUT2D eigenvalue weighted by molar-refractivity contribution is 8.00. The molecule has 3 aliphatic rings. The highest BCUT2D eigenvalue weighted by Crippen LogP contribution is 2.28. The van der Waals surface area contributed by atoms with Crippen LogP contribution in [0.5, 0.6) is 0 Å². The number of imide groups is 2. The summed E-state index contributed by atoms with van der Waals surface area (Å²) < 4.78 is 21.9. The third-order valence-electron chi connectivity index (χ3n) is 20.9. The smallest absolute Gasteiger partial charge is 0.243 e. The number of carbonyl (C=O) groups is 14. The lowest BCUT2D eigenvalue weighted by Crippen LogP contribution is -2.48. The van der Waals surface area contributed by atoms with Gasteiger partial charge in [-0.2, -0.15) is 0 Å². The Bertz CT molecular complexity index is 2910. The number of likely N-dealkylation sites (N-methyl/N-ethyl adjacent to an activating group) is 3. The average molecular weight is 1740 g/mol. The summed E-state index contributed by atoms with van der Waals surface area (Å²) in [5.74, 6) is -2.19. The first-order chi connectivity index (χ1) is 58.0. The molecule has 12 N–H and O–H groups in total. The van der Waals surface area contributed by atoms with Crippen LogP contribution in [-0.4, -0.2) is 307 Å². The van der Waals surface area contributed by atoms with Crippen molar-refractivity contribution in [3.63, 3.8) is 0 Å². The van der Waals surface area contributed by atoms with Gasteiger partial charge in [0.05, 0.1) is 76.4 Å². The Morgan fingerprint density at radius 1 is 0.417 bits per heavy atom. The molecule has 4 atom stereocenters. The fourth-order valence-electron chi connectivity index (χ4n) is 13.5. The number of piperazine rings is 1. The molecule has 3 fully saturated rings. The number of hydrogen-bond acceptors (Lipinski definition) is 23. The molecule has 33 nitrogen and oxygen atoms in total. The Kier molecular flexibility index (Phi) is 66.4. The topological polar surface area (TPSA) is 440 Å². The van der Waals surface area contributed by atoms with E-state index in [1.165, 1.54) is 101 Å². The largest absolute Gasteiger partial charge is 0.379 e. The molecule has 3 rings (SSSR count). The molecule has 0 bridgehead atoms. The fourth-order valence-corrected chi connectivity index (χ4v) is 15.9. The summed E-state index contributed by atoms with van der Waals surface area (Å²) in [5.41, 5.74) is 11.0. The summed E-state index contributed by atoms with van der Waals surface area (Å²) in [7, 11) is 5.36. The Balaban J connectivity index is 0.000000814. The number of nitrogens with one attached hydrogen (secondary N) is 8. The van der Waals surface area contributed by atoms with Crippen molar-refractivity contribution in [3.8, 4) is 0 Å². The Morgan fingerprint density at radius 3 is 1.23 bits per heavy atom. The molecule has 3 aliphatic heterocycles. The Labute approximate surface area is 724 Å². The van der Waals surface area contributed by atoms with Crippen LogP contribution in [0, 0.1) is 0 Å². The molecule has 4 unspecified atom stereocenters. The predicted octanol–water partition coefficient (Wildman–Crippen LogP) is 5.29. The van der Waals surface area contributed by atoms with E-state index in [2.05, 4.69) is 66.2 Å². The highest BCUT2D eigenvalue weighted by atomic mass is 32.2. The third kappa shape index (κ3) is 57.0. The molecule has 0 spiro atoms. The van der Waals surface area contributed by atoms with Gasteiger partial charge in [0.2, 0.25) is 82.7 Å². The molecule has 690 valence electrons. The fraction of sp³-hybridized carbons (Fsp3) is 0.835. The second-order valence-corrected chi connectivity index (χ2v) is 33.9. The van der Waals surface area contributed by atoms with Gasteiger partial charge in [-0.15, -0.1) is 23.5 Å². The van der Waals surface area contributed by atoms with E-state index in [0.29, 0.717) is 77.5 Å². The van der Waals surface area contributed by atoms with Crippen LogP contribution in [0.4, 0.5) is 0 Å². The summed E-state index contributed by atoms with van der Waals surface area (Å²) in [4.78, 5) is 180. The molecular weight excluding hydrogens is 1580 g/mol. The number of thioether (sulfide) groups is 2. The second kappa shape index (κ2) is 72.8. The van der Waals surface area contributed by atoms with Gasteiger partial charge in [-0.1, -0.05) is 142 Å². The zero-order chi connectivity index (χ0) is 88.0.